The number of rotatable bonds is 3. The summed E-state index contributed by atoms with van der Waals surface area (Å²) >= 11 is 0. The molecule has 13 heavy (non-hydrogen) atoms. The highest BCUT2D eigenvalue weighted by molar-refractivity contribution is 4.87. The van der Waals surface area contributed by atoms with Crippen LogP contribution in [0.4, 0.5) is 4.39 Å². The van der Waals surface area contributed by atoms with Gasteiger partial charge in [-0.25, -0.2) is 4.39 Å². The van der Waals surface area contributed by atoms with E-state index in [1.54, 1.807) is 0 Å². The predicted octanol–water partition coefficient (Wildman–Crippen LogP) is -0.455. The highest BCUT2D eigenvalue weighted by Gasteiger charge is 2.27. The summed E-state index contributed by atoms with van der Waals surface area (Å²) in [5.41, 5.74) is 0. The molecule has 0 spiro atoms. The van der Waals surface area contributed by atoms with Gasteiger partial charge in [-0.2, -0.15) is 0 Å². The van der Waals surface area contributed by atoms with Gasteiger partial charge in [0.2, 0.25) is 0 Å². The quantitative estimate of drug-likeness (QED) is 0.645. The Morgan fingerprint density at radius 3 is 2.31 bits per heavy atom. The van der Waals surface area contributed by atoms with Crippen LogP contribution in [0.1, 0.15) is 0 Å². The van der Waals surface area contributed by atoms with Crippen molar-refractivity contribution in [1.29, 1.82) is 0 Å². The van der Waals surface area contributed by atoms with Crippen molar-refractivity contribution in [1.82, 2.24) is 15.1 Å². The second kappa shape index (κ2) is 4.35. The third-order valence-electron chi connectivity index (χ3n) is 3.08. The number of nitrogens with zero attached hydrogens (tertiary/aromatic N) is 2. The molecule has 0 atom stereocenters. The molecule has 0 bridgehead atoms. The zero-order valence-electron chi connectivity index (χ0n) is 8.01. The lowest BCUT2D eigenvalue weighted by atomic mass is 10.1. The normalized spacial score (nSPS) is 27.5. The van der Waals surface area contributed by atoms with E-state index in [2.05, 4.69) is 15.1 Å². The van der Waals surface area contributed by atoms with Gasteiger partial charge in [-0.3, -0.25) is 9.80 Å². The third-order valence-corrected chi connectivity index (χ3v) is 3.08. The van der Waals surface area contributed by atoms with Gasteiger partial charge in [0.05, 0.1) is 0 Å². The summed E-state index contributed by atoms with van der Waals surface area (Å²) in [4.78, 5) is 4.73. The molecule has 2 saturated heterocycles. The zero-order chi connectivity index (χ0) is 9.10. The minimum Gasteiger partial charge on any atom is -0.314 e. The van der Waals surface area contributed by atoms with Crippen LogP contribution in [-0.4, -0.2) is 68.3 Å². The molecule has 0 aromatic carbocycles. The Morgan fingerprint density at radius 2 is 1.85 bits per heavy atom. The smallest absolute Gasteiger partial charge is 0.102 e. The van der Waals surface area contributed by atoms with Crippen LogP contribution in [0.2, 0.25) is 0 Å². The Hall–Kier alpha value is -0.190. The van der Waals surface area contributed by atoms with Crippen molar-refractivity contribution in [3.05, 3.63) is 0 Å². The molecule has 0 saturated carbocycles. The van der Waals surface area contributed by atoms with Crippen LogP contribution in [0.15, 0.2) is 0 Å². The van der Waals surface area contributed by atoms with Crippen LogP contribution in [0.3, 0.4) is 0 Å². The lowest BCUT2D eigenvalue weighted by Gasteiger charge is -2.43. The molecular weight excluding hydrogens is 169 g/mol. The van der Waals surface area contributed by atoms with Gasteiger partial charge in [-0.05, 0) is 0 Å². The number of hydrogen-bond acceptors (Lipinski definition) is 3. The Balaban J connectivity index is 1.69. The summed E-state index contributed by atoms with van der Waals surface area (Å²) in [6, 6.07) is 0.757. The first kappa shape index (κ1) is 9.37. The van der Waals surface area contributed by atoms with Crippen molar-refractivity contribution in [3.8, 4) is 0 Å². The molecule has 2 fully saturated rings. The van der Waals surface area contributed by atoms with E-state index < -0.39 is 0 Å². The minimum atomic E-state index is -0.203. The van der Waals surface area contributed by atoms with E-state index >= 15 is 0 Å². The van der Waals surface area contributed by atoms with Crippen LogP contribution in [0.5, 0.6) is 0 Å². The number of nitrogens with one attached hydrogen (secondary N) is 1. The second-order valence-electron chi connectivity index (χ2n) is 3.88. The van der Waals surface area contributed by atoms with Crippen molar-refractivity contribution >= 4 is 0 Å². The van der Waals surface area contributed by atoms with Crippen LogP contribution >= 0.6 is 0 Å². The molecule has 0 amide bonds. The first-order chi connectivity index (χ1) is 6.40. The van der Waals surface area contributed by atoms with Gasteiger partial charge in [0.1, 0.15) is 6.67 Å². The van der Waals surface area contributed by atoms with Gasteiger partial charge < -0.3 is 5.32 Å². The van der Waals surface area contributed by atoms with E-state index in [0.717, 1.165) is 45.3 Å². The van der Waals surface area contributed by atoms with E-state index in [1.165, 1.54) is 0 Å². The molecule has 3 nitrogen and oxygen atoms in total. The molecule has 2 rings (SSSR count). The molecule has 0 unspecified atom stereocenters. The summed E-state index contributed by atoms with van der Waals surface area (Å²) in [7, 11) is 0. The molecule has 1 N–H and O–H groups in total. The van der Waals surface area contributed by atoms with Crippen LogP contribution in [0.25, 0.3) is 0 Å². The number of alkyl halides is 1. The Labute approximate surface area is 78.9 Å². The first-order valence-electron chi connectivity index (χ1n) is 5.13. The number of piperazine rings is 1. The lowest BCUT2D eigenvalue weighted by Crippen LogP contribution is -2.61. The van der Waals surface area contributed by atoms with Crippen molar-refractivity contribution in [3.63, 3.8) is 0 Å². The average Bonchev–Trinajstić information content (AvgIpc) is 2.06. The Morgan fingerprint density at radius 1 is 1.15 bits per heavy atom. The molecule has 2 heterocycles. The Kier molecular flexibility index (Phi) is 3.14. The van der Waals surface area contributed by atoms with Crippen molar-refractivity contribution < 1.29 is 4.39 Å². The summed E-state index contributed by atoms with van der Waals surface area (Å²) in [6.45, 7) is 7.02. The average molecular weight is 187 g/mol. The van der Waals surface area contributed by atoms with Crippen molar-refractivity contribution in [2.24, 2.45) is 0 Å². The Bertz CT molecular complexity index is 153. The highest BCUT2D eigenvalue weighted by atomic mass is 19.1. The maximum atomic E-state index is 12.0. The fraction of sp³-hybridized carbons (Fsp3) is 1.00. The van der Waals surface area contributed by atoms with Crippen LogP contribution < -0.4 is 5.32 Å². The summed E-state index contributed by atoms with van der Waals surface area (Å²) in [6.07, 6.45) is 0. The molecule has 0 aromatic heterocycles. The minimum absolute atomic E-state index is 0.203. The second-order valence-corrected chi connectivity index (χ2v) is 3.88. The van der Waals surface area contributed by atoms with E-state index in [9.17, 15) is 4.39 Å². The van der Waals surface area contributed by atoms with Crippen molar-refractivity contribution in [2.75, 3.05) is 52.5 Å². The topological polar surface area (TPSA) is 18.5 Å². The molecule has 0 aliphatic carbocycles. The summed E-state index contributed by atoms with van der Waals surface area (Å²) in [5, 5.41) is 3.28. The van der Waals surface area contributed by atoms with E-state index in [4.69, 9.17) is 0 Å². The maximum absolute atomic E-state index is 12.0. The van der Waals surface area contributed by atoms with Gasteiger partial charge in [-0.15, -0.1) is 0 Å². The van der Waals surface area contributed by atoms with Gasteiger partial charge in [0, 0.05) is 51.9 Å². The molecule has 4 heteroatoms. The fourth-order valence-electron chi connectivity index (χ4n) is 2.00. The van der Waals surface area contributed by atoms with E-state index in [0.29, 0.717) is 6.54 Å². The highest BCUT2D eigenvalue weighted by Crippen LogP contribution is 2.09. The SMILES string of the molecule is FCCN1CCN(C2CNC2)CC1. The lowest BCUT2D eigenvalue weighted by molar-refractivity contribution is 0.0702. The monoisotopic (exact) mass is 187 g/mol. The van der Waals surface area contributed by atoms with Gasteiger partial charge in [-0.1, -0.05) is 0 Å². The standard InChI is InChI=1S/C9H18FN3/c10-1-2-12-3-5-13(6-4-12)9-7-11-8-9/h9,11H,1-8H2. The maximum Gasteiger partial charge on any atom is 0.102 e. The fourth-order valence-corrected chi connectivity index (χ4v) is 2.00. The van der Waals surface area contributed by atoms with Gasteiger partial charge in [0.25, 0.3) is 0 Å². The van der Waals surface area contributed by atoms with Crippen LogP contribution in [-0.2, 0) is 0 Å². The van der Waals surface area contributed by atoms with Gasteiger partial charge >= 0.3 is 0 Å². The molecule has 2 aliphatic heterocycles. The van der Waals surface area contributed by atoms with Gasteiger partial charge in [0.15, 0.2) is 0 Å². The summed E-state index contributed by atoms with van der Waals surface area (Å²) in [5.74, 6) is 0. The largest absolute Gasteiger partial charge is 0.314 e. The third kappa shape index (κ3) is 2.18. The first-order valence-corrected chi connectivity index (χ1v) is 5.13. The van der Waals surface area contributed by atoms with Crippen LogP contribution in [0, 0.1) is 0 Å². The predicted molar refractivity (Wildman–Crippen MR) is 50.6 cm³/mol. The zero-order valence-corrected chi connectivity index (χ0v) is 8.01. The molecule has 0 radical (unpaired) electrons. The molecule has 0 aromatic rings. The van der Waals surface area contributed by atoms with E-state index in [1.807, 2.05) is 0 Å². The summed E-state index contributed by atoms with van der Waals surface area (Å²) < 4.78 is 12.0. The molecule has 76 valence electrons. The van der Waals surface area contributed by atoms with E-state index in [-0.39, 0.29) is 6.67 Å². The molecule has 2 aliphatic rings. The van der Waals surface area contributed by atoms with Crippen molar-refractivity contribution in [2.45, 2.75) is 6.04 Å². The molecular formula is C9H18FN3. The number of halogens is 1. The number of hydrogen-bond donors (Lipinski definition) is 1.